The van der Waals surface area contributed by atoms with Gasteiger partial charge in [-0.25, -0.2) is 4.68 Å². The van der Waals surface area contributed by atoms with Crippen LogP contribution in [0.15, 0.2) is 53.3 Å². The summed E-state index contributed by atoms with van der Waals surface area (Å²) >= 11 is 0. The molecule has 0 aliphatic heterocycles. The molecule has 2 aromatic heterocycles. The van der Waals surface area contributed by atoms with Gasteiger partial charge in [-0.2, -0.15) is 5.10 Å². The summed E-state index contributed by atoms with van der Waals surface area (Å²) in [6.45, 7) is 2.41. The lowest BCUT2D eigenvalue weighted by Crippen LogP contribution is -2.34. The Bertz CT molecular complexity index is 900. The summed E-state index contributed by atoms with van der Waals surface area (Å²) in [6.07, 6.45) is 3.38. The molecule has 0 fully saturated rings. The van der Waals surface area contributed by atoms with Crippen LogP contribution in [0.4, 0.5) is 0 Å². The summed E-state index contributed by atoms with van der Waals surface area (Å²) < 4.78 is 12.5. The predicted molar refractivity (Wildman–Crippen MR) is 102 cm³/mol. The van der Waals surface area contributed by atoms with Gasteiger partial charge < -0.3 is 14.5 Å². The third-order valence-electron chi connectivity index (χ3n) is 4.35. The van der Waals surface area contributed by atoms with E-state index in [1.54, 1.807) is 30.3 Å². The Morgan fingerprint density at radius 1 is 1.33 bits per heavy atom. The second-order valence-electron chi connectivity index (χ2n) is 6.53. The molecular formula is C20H24N4O3. The van der Waals surface area contributed by atoms with E-state index in [-0.39, 0.29) is 11.9 Å². The third-order valence-corrected chi connectivity index (χ3v) is 4.35. The van der Waals surface area contributed by atoms with E-state index in [0.717, 1.165) is 17.0 Å². The Balaban J connectivity index is 1.73. The van der Waals surface area contributed by atoms with E-state index < -0.39 is 0 Å². The fourth-order valence-electron chi connectivity index (χ4n) is 2.86. The molecule has 1 unspecified atom stereocenters. The molecule has 0 saturated carbocycles. The molecule has 1 N–H and O–H groups in total. The normalized spacial score (nSPS) is 12.2. The molecule has 7 heteroatoms. The van der Waals surface area contributed by atoms with Crippen LogP contribution in [0, 0.1) is 6.92 Å². The van der Waals surface area contributed by atoms with Crippen molar-refractivity contribution in [2.45, 2.75) is 13.0 Å². The quantitative estimate of drug-likeness (QED) is 0.694. The number of aromatic nitrogens is 2. The van der Waals surface area contributed by atoms with Gasteiger partial charge in [-0.3, -0.25) is 9.69 Å². The first-order valence-electron chi connectivity index (χ1n) is 8.68. The van der Waals surface area contributed by atoms with Gasteiger partial charge in [0.25, 0.3) is 5.91 Å². The molecule has 0 bridgehead atoms. The summed E-state index contributed by atoms with van der Waals surface area (Å²) in [4.78, 5) is 14.5. The van der Waals surface area contributed by atoms with E-state index >= 15 is 0 Å². The van der Waals surface area contributed by atoms with Crippen LogP contribution in [-0.4, -0.2) is 48.3 Å². The van der Waals surface area contributed by atoms with E-state index in [2.05, 4.69) is 10.4 Å². The first-order chi connectivity index (χ1) is 13.0. The van der Waals surface area contributed by atoms with Gasteiger partial charge in [0, 0.05) is 12.7 Å². The standard InChI is InChI=1S/C20H24N4O3/c1-14-7-8-18(26-4)16(12-14)24-10-9-15(22-24)20(25)21-13-17(23(2)3)19-6-5-11-27-19/h5-12,17H,13H2,1-4H3,(H,21,25). The Kier molecular flexibility index (Phi) is 5.61. The van der Waals surface area contributed by atoms with E-state index in [1.807, 2.05) is 56.3 Å². The van der Waals surface area contributed by atoms with Crippen LogP contribution in [0.25, 0.3) is 5.69 Å². The number of carbonyl (C=O) groups is 1. The summed E-state index contributed by atoms with van der Waals surface area (Å²) in [5.74, 6) is 1.26. The van der Waals surface area contributed by atoms with E-state index in [9.17, 15) is 4.79 Å². The minimum atomic E-state index is -0.237. The maximum Gasteiger partial charge on any atom is 0.271 e. The Morgan fingerprint density at radius 3 is 2.81 bits per heavy atom. The van der Waals surface area contributed by atoms with Crippen molar-refractivity contribution >= 4 is 5.91 Å². The van der Waals surface area contributed by atoms with Crippen molar-refractivity contribution < 1.29 is 13.9 Å². The first-order valence-corrected chi connectivity index (χ1v) is 8.68. The highest BCUT2D eigenvalue weighted by Crippen LogP contribution is 2.23. The van der Waals surface area contributed by atoms with Gasteiger partial charge in [-0.05, 0) is 56.9 Å². The number of nitrogens with one attached hydrogen (secondary N) is 1. The van der Waals surface area contributed by atoms with Crippen molar-refractivity contribution in [2.24, 2.45) is 0 Å². The number of hydrogen-bond donors (Lipinski definition) is 1. The molecule has 0 spiro atoms. The smallest absolute Gasteiger partial charge is 0.271 e. The van der Waals surface area contributed by atoms with Crippen LogP contribution >= 0.6 is 0 Å². The highest BCUT2D eigenvalue weighted by Gasteiger charge is 2.19. The summed E-state index contributed by atoms with van der Waals surface area (Å²) in [6, 6.07) is 11.2. The molecule has 3 aromatic rings. The van der Waals surface area contributed by atoms with Gasteiger partial charge in [0.15, 0.2) is 5.69 Å². The van der Waals surface area contributed by atoms with Crippen molar-refractivity contribution in [3.8, 4) is 11.4 Å². The average Bonchev–Trinajstić information content (AvgIpc) is 3.33. The Morgan fingerprint density at radius 2 is 2.15 bits per heavy atom. The van der Waals surface area contributed by atoms with Crippen LogP contribution in [0.5, 0.6) is 5.75 Å². The largest absolute Gasteiger partial charge is 0.494 e. The number of likely N-dealkylation sites (N-methyl/N-ethyl adjacent to an activating group) is 1. The topological polar surface area (TPSA) is 72.5 Å². The van der Waals surface area contributed by atoms with Gasteiger partial charge in [0.2, 0.25) is 0 Å². The molecule has 1 amide bonds. The molecular weight excluding hydrogens is 344 g/mol. The van der Waals surface area contributed by atoms with Crippen molar-refractivity contribution in [1.29, 1.82) is 0 Å². The van der Waals surface area contributed by atoms with Gasteiger partial charge in [0.1, 0.15) is 17.2 Å². The highest BCUT2D eigenvalue weighted by atomic mass is 16.5. The zero-order chi connectivity index (χ0) is 19.4. The maximum atomic E-state index is 12.5. The number of ether oxygens (including phenoxy) is 1. The highest BCUT2D eigenvalue weighted by molar-refractivity contribution is 5.92. The van der Waals surface area contributed by atoms with Crippen molar-refractivity contribution in [2.75, 3.05) is 27.7 Å². The lowest BCUT2D eigenvalue weighted by molar-refractivity contribution is 0.0933. The number of nitrogens with zero attached hydrogens (tertiary/aromatic N) is 3. The molecule has 0 aliphatic carbocycles. The van der Waals surface area contributed by atoms with Gasteiger partial charge in [0.05, 0.1) is 19.4 Å². The Hall–Kier alpha value is -3.06. The molecule has 1 aromatic carbocycles. The molecule has 0 saturated heterocycles. The van der Waals surface area contributed by atoms with Gasteiger partial charge in [-0.1, -0.05) is 6.07 Å². The Labute approximate surface area is 158 Å². The number of carbonyl (C=O) groups excluding carboxylic acids is 1. The second kappa shape index (κ2) is 8.09. The molecule has 7 nitrogen and oxygen atoms in total. The molecule has 27 heavy (non-hydrogen) atoms. The summed E-state index contributed by atoms with van der Waals surface area (Å²) in [7, 11) is 5.50. The zero-order valence-electron chi connectivity index (χ0n) is 16.0. The molecule has 0 radical (unpaired) electrons. The van der Waals surface area contributed by atoms with Crippen molar-refractivity contribution in [3.05, 3.63) is 65.9 Å². The van der Waals surface area contributed by atoms with Crippen LogP contribution in [0.1, 0.15) is 27.9 Å². The number of aryl methyl sites for hydroxylation is 1. The van der Waals surface area contributed by atoms with Crippen LogP contribution in [-0.2, 0) is 0 Å². The lowest BCUT2D eigenvalue weighted by Gasteiger charge is -2.22. The fourth-order valence-corrected chi connectivity index (χ4v) is 2.86. The number of rotatable bonds is 7. The van der Waals surface area contributed by atoms with Crippen molar-refractivity contribution in [1.82, 2.24) is 20.0 Å². The van der Waals surface area contributed by atoms with Gasteiger partial charge >= 0.3 is 0 Å². The summed E-state index contributed by atoms with van der Waals surface area (Å²) in [5.41, 5.74) is 2.22. The second-order valence-corrected chi connectivity index (χ2v) is 6.53. The SMILES string of the molecule is COc1ccc(C)cc1-n1ccc(C(=O)NCC(c2ccco2)N(C)C)n1. The van der Waals surface area contributed by atoms with Crippen molar-refractivity contribution in [3.63, 3.8) is 0 Å². The molecule has 1 atom stereocenters. The molecule has 142 valence electrons. The van der Waals surface area contributed by atoms with Crippen LogP contribution < -0.4 is 10.1 Å². The first kappa shape index (κ1) is 18.7. The zero-order valence-corrected chi connectivity index (χ0v) is 16.0. The van der Waals surface area contributed by atoms with Gasteiger partial charge in [-0.15, -0.1) is 0 Å². The fraction of sp³-hybridized carbons (Fsp3) is 0.300. The maximum absolute atomic E-state index is 12.5. The third kappa shape index (κ3) is 4.20. The van der Waals surface area contributed by atoms with Crippen LogP contribution in [0.2, 0.25) is 0 Å². The minimum Gasteiger partial charge on any atom is -0.494 e. The monoisotopic (exact) mass is 368 g/mol. The minimum absolute atomic E-state index is 0.0529. The molecule has 3 rings (SSSR count). The summed E-state index contributed by atoms with van der Waals surface area (Å²) in [5, 5.41) is 7.33. The number of benzene rings is 1. The van der Waals surface area contributed by atoms with E-state index in [0.29, 0.717) is 18.0 Å². The van der Waals surface area contributed by atoms with E-state index in [1.165, 1.54) is 0 Å². The van der Waals surface area contributed by atoms with Crippen LogP contribution in [0.3, 0.4) is 0 Å². The lowest BCUT2D eigenvalue weighted by atomic mass is 10.2. The van der Waals surface area contributed by atoms with E-state index in [4.69, 9.17) is 9.15 Å². The molecule has 2 heterocycles. The predicted octanol–water partition coefficient (Wildman–Crippen LogP) is 2.82. The number of amides is 1. The number of methoxy groups -OCH3 is 1. The number of furan rings is 1. The number of hydrogen-bond acceptors (Lipinski definition) is 5. The average molecular weight is 368 g/mol. The molecule has 0 aliphatic rings.